The maximum absolute atomic E-state index is 12.2. The predicted octanol–water partition coefficient (Wildman–Crippen LogP) is 2.12. The molecule has 0 bridgehead atoms. The first-order valence-corrected chi connectivity index (χ1v) is 6.87. The van der Waals surface area contributed by atoms with Crippen LogP contribution in [0.4, 0.5) is 5.69 Å². The van der Waals surface area contributed by atoms with Gasteiger partial charge in [0, 0.05) is 30.3 Å². The second-order valence-corrected chi connectivity index (χ2v) is 5.15. The topological polar surface area (TPSA) is 64.3 Å². The van der Waals surface area contributed by atoms with Crippen molar-refractivity contribution in [3.05, 3.63) is 29.3 Å². The minimum Gasteiger partial charge on any atom is -0.399 e. The molecular formula is C15H22N2O2. The van der Waals surface area contributed by atoms with E-state index in [0.717, 1.165) is 25.0 Å². The molecule has 1 aromatic carbocycles. The van der Waals surface area contributed by atoms with Gasteiger partial charge >= 0.3 is 0 Å². The number of nitrogen functional groups attached to an aromatic ring is 1. The number of hydrogen-bond acceptors (Lipinski definition) is 3. The molecule has 0 radical (unpaired) electrons. The van der Waals surface area contributed by atoms with Gasteiger partial charge in [-0.3, -0.25) is 4.79 Å². The number of amides is 1. The first kappa shape index (κ1) is 13.9. The summed E-state index contributed by atoms with van der Waals surface area (Å²) < 4.78 is 5.62. The van der Waals surface area contributed by atoms with Gasteiger partial charge < -0.3 is 15.8 Å². The van der Waals surface area contributed by atoms with E-state index in [4.69, 9.17) is 10.5 Å². The van der Waals surface area contributed by atoms with Crippen LogP contribution in [-0.2, 0) is 4.74 Å². The van der Waals surface area contributed by atoms with Crippen molar-refractivity contribution in [1.82, 2.24) is 5.32 Å². The van der Waals surface area contributed by atoms with Crippen LogP contribution in [0.2, 0.25) is 0 Å². The minimum absolute atomic E-state index is 0.0495. The maximum Gasteiger partial charge on any atom is 0.251 e. The molecule has 2 unspecified atom stereocenters. The summed E-state index contributed by atoms with van der Waals surface area (Å²) in [6.07, 6.45) is 2.30. The number of carbonyl (C=O) groups is 1. The predicted molar refractivity (Wildman–Crippen MR) is 76.1 cm³/mol. The lowest BCUT2D eigenvalue weighted by Gasteiger charge is -2.17. The van der Waals surface area contributed by atoms with E-state index in [-0.39, 0.29) is 12.0 Å². The standard InChI is InChI=1S/C15H22N2O2/c1-3-14-11(6-7-19-14)9-17-15(18)13-8-12(16)5-4-10(13)2/h4-5,8,11,14H,3,6-7,9,16H2,1-2H3,(H,17,18). The van der Waals surface area contributed by atoms with Crippen LogP contribution in [0.1, 0.15) is 35.7 Å². The highest BCUT2D eigenvalue weighted by Gasteiger charge is 2.27. The van der Waals surface area contributed by atoms with Gasteiger partial charge in [-0.15, -0.1) is 0 Å². The van der Waals surface area contributed by atoms with Gasteiger partial charge in [-0.25, -0.2) is 0 Å². The third kappa shape index (κ3) is 3.26. The number of ether oxygens (including phenoxy) is 1. The molecule has 2 rings (SSSR count). The third-order valence-corrected chi connectivity index (χ3v) is 3.78. The van der Waals surface area contributed by atoms with Gasteiger partial charge in [0.05, 0.1) is 6.10 Å². The lowest BCUT2D eigenvalue weighted by molar-refractivity contribution is 0.0826. The zero-order valence-electron chi connectivity index (χ0n) is 11.6. The molecule has 1 fully saturated rings. The summed E-state index contributed by atoms with van der Waals surface area (Å²) in [5.74, 6) is 0.377. The molecule has 4 nitrogen and oxygen atoms in total. The lowest BCUT2D eigenvalue weighted by Crippen LogP contribution is -2.33. The molecule has 104 valence electrons. The number of anilines is 1. The number of benzene rings is 1. The molecule has 19 heavy (non-hydrogen) atoms. The zero-order chi connectivity index (χ0) is 13.8. The molecule has 4 heteroatoms. The second-order valence-electron chi connectivity index (χ2n) is 5.15. The van der Waals surface area contributed by atoms with E-state index < -0.39 is 0 Å². The van der Waals surface area contributed by atoms with Crippen molar-refractivity contribution < 1.29 is 9.53 Å². The van der Waals surface area contributed by atoms with Crippen molar-refractivity contribution in [3.63, 3.8) is 0 Å². The summed E-state index contributed by atoms with van der Waals surface area (Å²) in [5, 5.41) is 3.00. The summed E-state index contributed by atoms with van der Waals surface area (Å²) >= 11 is 0. The highest BCUT2D eigenvalue weighted by molar-refractivity contribution is 5.96. The summed E-state index contributed by atoms with van der Waals surface area (Å²) in [7, 11) is 0. The van der Waals surface area contributed by atoms with E-state index in [1.165, 1.54) is 0 Å². The van der Waals surface area contributed by atoms with E-state index in [9.17, 15) is 4.79 Å². The first-order valence-electron chi connectivity index (χ1n) is 6.87. The minimum atomic E-state index is -0.0495. The molecule has 1 saturated heterocycles. The van der Waals surface area contributed by atoms with E-state index in [2.05, 4.69) is 12.2 Å². The van der Waals surface area contributed by atoms with Crippen LogP contribution < -0.4 is 11.1 Å². The fourth-order valence-electron chi connectivity index (χ4n) is 2.58. The average Bonchev–Trinajstić information content (AvgIpc) is 2.86. The van der Waals surface area contributed by atoms with E-state index in [0.29, 0.717) is 23.7 Å². The molecule has 0 spiro atoms. The van der Waals surface area contributed by atoms with Gasteiger partial charge in [0.25, 0.3) is 5.91 Å². The molecule has 1 aliphatic rings. The van der Waals surface area contributed by atoms with E-state index in [1.54, 1.807) is 6.07 Å². The Morgan fingerprint density at radius 1 is 1.53 bits per heavy atom. The Balaban J connectivity index is 1.96. The molecule has 1 aliphatic heterocycles. The van der Waals surface area contributed by atoms with Gasteiger partial charge in [-0.1, -0.05) is 13.0 Å². The Morgan fingerprint density at radius 2 is 2.32 bits per heavy atom. The van der Waals surface area contributed by atoms with Gasteiger partial charge in [-0.2, -0.15) is 0 Å². The van der Waals surface area contributed by atoms with Crippen molar-refractivity contribution in [1.29, 1.82) is 0 Å². The normalized spacial score (nSPS) is 22.4. The van der Waals surface area contributed by atoms with E-state index in [1.807, 2.05) is 19.1 Å². The summed E-state index contributed by atoms with van der Waals surface area (Å²) in [6.45, 7) is 5.51. The monoisotopic (exact) mass is 262 g/mol. The van der Waals surface area contributed by atoms with Gasteiger partial charge in [0.15, 0.2) is 0 Å². The fraction of sp³-hybridized carbons (Fsp3) is 0.533. The molecule has 1 aromatic rings. The molecule has 0 saturated carbocycles. The van der Waals surface area contributed by atoms with Crippen LogP contribution in [0.15, 0.2) is 18.2 Å². The van der Waals surface area contributed by atoms with Crippen molar-refractivity contribution in [2.24, 2.45) is 5.92 Å². The van der Waals surface area contributed by atoms with Crippen molar-refractivity contribution in [2.75, 3.05) is 18.9 Å². The Labute approximate surface area is 114 Å². The first-order chi connectivity index (χ1) is 9.11. The van der Waals surface area contributed by atoms with Crippen LogP contribution in [0.25, 0.3) is 0 Å². The smallest absolute Gasteiger partial charge is 0.251 e. The largest absolute Gasteiger partial charge is 0.399 e. The molecule has 0 aliphatic carbocycles. The molecular weight excluding hydrogens is 240 g/mol. The molecule has 2 atom stereocenters. The quantitative estimate of drug-likeness (QED) is 0.817. The summed E-state index contributed by atoms with van der Waals surface area (Å²) in [4.78, 5) is 12.2. The second kappa shape index (κ2) is 6.06. The molecule has 1 heterocycles. The number of aryl methyl sites for hydroxylation is 1. The van der Waals surface area contributed by atoms with Crippen LogP contribution >= 0.6 is 0 Å². The van der Waals surface area contributed by atoms with Gasteiger partial charge in [0.2, 0.25) is 0 Å². The van der Waals surface area contributed by atoms with Crippen molar-refractivity contribution >= 4 is 11.6 Å². The summed E-state index contributed by atoms with van der Waals surface area (Å²) in [6, 6.07) is 5.41. The van der Waals surface area contributed by atoms with Crippen LogP contribution in [0, 0.1) is 12.8 Å². The Morgan fingerprint density at radius 3 is 3.05 bits per heavy atom. The van der Waals surface area contributed by atoms with Crippen molar-refractivity contribution in [2.45, 2.75) is 32.8 Å². The average molecular weight is 262 g/mol. The Kier molecular flexibility index (Phi) is 4.43. The SMILES string of the molecule is CCC1OCCC1CNC(=O)c1cc(N)ccc1C. The molecule has 1 amide bonds. The lowest BCUT2D eigenvalue weighted by atomic mass is 9.99. The Hall–Kier alpha value is -1.55. The van der Waals surface area contributed by atoms with Crippen LogP contribution in [0.5, 0.6) is 0 Å². The maximum atomic E-state index is 12.2. The molecule has 3 N–H and O–H groups in total. The number of nitrogens with two attached hydrogens (primary N) is 1. The number of carbonyl (C=O) groups excluding carboxylic acids is 1. The summed E-state index contributed by atoms with van der Waals surface area (Å²) in [5.41, 5.74) is 7.95. The number of hydrogen-bond donors (Lipinski definition) is 2. The Bertz CT molecular complexity index is 459. The number of rotatable bonds is 4. The number of nitrogens with one attached hydrogen (secondary N) is 1. The van der Waals surface area contributed by atoms with E-state index >= 15 is 0 Å². The third-order valence-electron chi connectivity index (χ3n) is 3.78. The van der Waals surface area contributed by atoms with Gasteiger partial charge in [0.1, 0.15) is 0 Å². The molecule has 0 aromatic heterocycles. The van der Waals surface area contributed by atoms with Crippen LogP contribution in [-0.4, -0.2) is 25.2 Å². The van der Waals surface area contributed by atoms with Gasteiger partial charge in [-0.05, 0) is 37.5 Å². The highest BCUT2D eigenvalue weighted by atomic mass is 16.5. The van der Waals surface area contributed by atoms with Crippen molar-refractivity contribution in [3.8, 4) is 0 Å². The fourth-order valence-corrected chi connectivity index (χ4v) is 2.58. The van der Waals surface area contributed by atoms with Crippen LogP contribution in [0.3, 0.4) is 0 Å². The zero-order valence-corrected chi connectivity index (χ0v) is 11.6. The highest BCUT2D eigenvalue weighted by Crippen LogP contribution is 2.22.